The van der Waals surface area contributed by atoms with Gasteiger partial charge in [0.1, 0.15) is 18.5 Å². The van der Waals surface area contributed by atoms with Crippen LogP contribution in [0.1, 0.15) is 5.56 Å². The molecule has 9 heteroatoms. The van der Waals surface area contributed by atoms with E-state index < -0.39 is 23.8 Å². The van der Waals surface area contributed by atoms with Gasteiger partial charge in [-0.15, -0.1) is 0 Å². The summed E-state index contributed by atoms with van der Waals surface area (Å²) >= 11 is 0. The van der Waals surface area contributed by atoms with Crippen LogP contribution < -0.4 is 15.4 Å². The third-order valence-corrected chi connectivity index (χ3v) is 3.33. The van der Waals surface area contributed by atoms with Crippen molar-refractivity contribution in [3.05, 3.63) is 23.8 Å². The van der Waals surface area contributed by atoms with Crippen molar-refractivity contribution in [1.82, 2.24) is 5.32 Å². The van der Waals surface area contributed by atoms with Gasteiger partial charge < -0.3 is 24.8 Å². The highest BCUT2D eigenvalue weighted by molar-refractivity contribution is 5.95. The van der Waals surface area contributed by atoms with Crippen LogP contribution in [-0.4, -0.2) is 52.0 Å². The number of benzene rings is 1. The molecular weight excluding hydrogens is 329 g/mol. The quantitative estimate of drug-likeness (QED) is 0.766. The van der Waals surface area contributed by atoms with E-state index in [9.17, 15) is 18.0 Å². The second-order valence-corrected chi connectivity index (χ2v) is 5.10. The summed E-state index contributed by atoms with van der Waals surface area (Å²) in [5.74, 6) is -0.393. The monoisotopic (exact) mass is 348 g/mol. The first-order valence-electron chi connectivity index (χ1n) is 7.38. The van der Waals surface area contributed by atoms with E-state index in [-0.39, 0.29) is 24.7 Å². The van der Waals surface area contributed by atoms with E-state index in [1.165, 1.54) is 13.2 Å². The highest BCUT2D eigenvalue weighted by Crippen LogP contribution is 2.35. The Morgan fingerprint density at radius 3 is 2.83 bits per heavy atom. The zero-order valence-electron chi connectivity index (χ0n) is 13.1. The van der Waals surface area contributed by atoms with Gasteiger partial charge in [-0.2, -0.15) is 13.2 Å². The van der Waals surface area contributed by atoms with Crippen molar-refractivity contribution in [3.63, 3.8) is 0 Å². The molecule has 0 bridgehead atoms. The standard InChI is InChI=1S/C15H19F3N2O4/c1-22-6-7-24-12-3-2-10(15(16,17)18)8-11(12)20-14(21)13-9-19-4-5-23-13/h2-3,8,13,19H,4-7,9H2,1H3,(H,20,21). The molecule has 24 heavy (non-hydrogen) atoms. The predicted molar refractivity (Wildman–Crippen MR) is 80.1 cm³/mol. The summed E-state index contributed by atoms with van der Waals surface area (Å²) < 4.78 is 54.2. The SMILES string of the molecule is COCCOc1ccc(C(F)(F)F)cc1NC(=O)C1CNCCO1. The van der Waals surface area contributed by atoms with Gasteiger partial charge in [0.2, 0.25) is 0 Å². The molecule has 1 atom stereocenters. The van der Waals surface area contributed by atoms with E-state index in [1.807, 2.05) is 0 Å². The van der Waals surface area contributed by atoms with E-state index in [1.54, 1.807) is 0 Å². The topological polar surface area (TPSA) is 68.8 Å². The fraction of sp³-hybridized carbons (Fsp3) is 0.533. The Balaban J connectivity index is 2.17. The van der Waals surface area contributed by atoms with Gasteiger partial charge in [0.15, 0.2) is 0 Å². The summed E-state index contributed by atoms with van der Waals surface area (Å²) in [5, 5.41) is 5.43. The Morgan fingerprint density at radius 2 is 2.21 bits per heavy atom. The number of alkyl halides is 3. The number of carbonyl (C=O) groups excluding carboxylic acids is 1. The number of nitrogens with one attached hydrogen (secondary N) is 2. The molecule has 0 saturated carbocycles. The normalized spacial score (nSPS) is 18.2. The van der Waals surface area contributed by atoms with Crippen molar-refractivity contribution in [3.8, 4) is 5.75 Å². The Labute approximate surface area is 137 Å². The van der Waals surface area contributed by atoms with E-state index in [0.29, 0.717) is 19.7 Å². The molecule has 1 fully saturated rings. The highest BCUT2D eigenvalue weighted by Gasteiger charge is 2.32. The Morgan fingerprint density at radius 1 is 1.42 bits per heavy atom. The second kappa shape index (κ2) is 8.32. The lowest BCUT2D eigenvalue weighted by Gasteiger charge is -2.23. The number of hydrogen-bond donors (Lipinski definition) is 2. The smallest absolute Gasteiger partial charge is 0.416 e. The first kappa shape index (κ1) is 18.5. The Hall–Kier alpha value is -1.84. The summed E-state index contributed by atoms with van der Waals surface area (Å²) in [4.78, 5) is 12.2. The van der Waals surface area contributed by atoms with Crippen LogP contribution in [0.2, 0.25) is 0 Å². The minimum absolute atomic E-state index is 0.0555. The first-order chi connectivity index (χ1) is 11.4. The molecule has 0 aromatic heterocycles. The van der Waals surface area contributed by atoms with E-state index >= 15 is 0 Å². The lowest BCUT2D eigenvalue weighted by molar-refractivity contribution is -0.137. The van der Waals surface area contributed by atoms with Gasteiger partial charge >= 0.3 is 6.18 Å². The molecule has 0 spiro atoms. The third-order valence-electron chi connectivity index (χ3n) is 3.33. The van der Waals surface area contributed by atoms with Crippen LogP contribution in [-0.2, 0) is 20.4 Å². The lowest BCUT2D eigenvalue weighted by atomic mass is 10.1. The second-order valence-electron chi connectivity index (χ2n) is 5.10. The maximum atomic E-state index is 12.9. The molecule has 2 rings (SSSR count). The van der Waals surface area contributed by atoms with Crippen molar-refractivity contribution in [2.75, 3.05) is 45.3 Å². The number of methoxy groups -OCH3 is 1. The lowest BCUT2D eigenvalue weighted by Crippen LogP contribution is -2.45. The number of ether oxygens (including phenoxy) is 3. The zero-order chi connectivity index (χ0) is 17.6. The largest absolute Gasteiger partial charge is 0.489 e. The van der Waals surface area contributed by atoms with Crippen molar-refractivity contribution in [2.45, 2.75) is 12.3 Å². The van der Waals surface area contributed by atoms with Crippen LogP contribution in [0.5, 0.6) is 5.75 Å². The van der Waals surface area contributed by atoms with Crippen molar-refractivity contribution in [1.29, 1.82) is 0 Å². The van der Waals surface area contributed by atoms with Gasteiger partial charge in [-0.3, -0.25) is 4.79 Å². The van der Waals surface area contributed by atoms with Gasteiger partial charge in [0, 0.05) is 20.2 Å². The van der Waals surface area contributed by atoms with Gasteiger partial charge in [-0.25, -0.2) is 0 Å². The van der Waals surface area contributed by atoms with Crippen molar-refractivity contribution < 1.29 is 32.2 Å². The molecule has 1 aromatic carbocycles. The summed E-state index contributed by atoms with van der Waals surface area (Å²) in [7, 11) is 1.48. The molecule has 134 valence electrons. The molecule has 1 aromatic rings. The highest BCUT2D eigenvalue weighted by atomic mass is 19.4. The van der Waals surface area contributed by atoms with Crippen LogP contribution in [0.3, 0.4) is 0 Å². The fourth-order valence-corrected chi connectivity index (χ4v) is 2.11. The average Bonchev–Trinajstić information content (AvgIpc) is 2.56. The zero-order valence-corrected chi connectivity index (χ0v) is 13.1. The Kier molecular flexibility index (Phi) is 6.41. The molecule has 0 aliphatic carbocycles. The molecule has 1 heterocycles. The number of anilines is 1. The number of amides is 1. The summed E-state index contributed by atoms with van der Waals surface area (Å²) in [5.41, 5.74) is -0.931. The minimum Gasteiger partial charge on any atom is -0.489 e. The fourth-order valence-electron chi connectivity index (χ4n) is 2.11. The molecule has 1 amide bonds. The summed E-state index contributed by atoms with van der Waals surface area (Å²) in [6.07, 6.45) is -5.28. The van der Waals surface area contributed by atoms with Crippen LogP contribution in [0, 0.1) is 0 Å². The molecule has 1 unspecified atom stereocenters. The number of hydrogen-bond acceptors (Lipinski definition) is 5. The molecule has 1 aliphatic heterocycles. The van der Waals surface area contributed by atoms with Crippen molar-refractivity contribution >= 4 is 11.6 Å². The molecule has 1 aliphatic rings. The molecule has 1 saturated heterocycles. The van der Waals surface area contributed by atoms with Gasteiger partial charge in [-0.05, 0) is 18.2 Å². The predicted octanol–water partition coefficient (Wildman–Crippen LogP) is 1.66. The molecule has 0 radical (unpaired) electrons. The molecule has 2 N–H and O–H groups in total. The van der Waals surface area contributed by atoms with E-state index in [2.05, 4.69) is 10.6 Å². The number of morpholine rings is 1. The average molecular weight is 348 g/mol. The summed E-state index contributed by atoms with van der Waals surface area (Å²) in [6.45, 7) is 1.69. The molecular formula is C15H19F3N2O4. The van der Waals surface area contributed by atoms with E-state index in [0.717, 1.165) is 12.1 Å². The maximum absolute atomic E-state index is 12.9. The van der Waals surface area contributed by atoms with E-state index in [4.69, 9.17) is 14.2 Å². The van der Waals surface area contributed by atoms with Crippen LogP contribution in [0.15, 0.2) is 18.2 Å². The van der Waals surface area contributed by atoms with Gasteiger partial charge in [0.25, 0.3) is 5.91 Å². The van der Waals surface area contributed by atoms with Crippen molar-refractivity contribution in [2.24, 2.45) is 0 Å². The minimum atomic E-state index is -4.52. The van der Waals surface area contributed by atoms with Gasteiger partial charge in [-0.1, -0.05) is 0 Å². The molecule has 6 nitrogen and oxygen atoms in total. The first-order valence-corrected chi connectivity index (χ1v) is 7.38. The number of rotatable bonds is 6. The summed E-state index contributed by atoms with van der Waals surface area (Å²) in [6, 6.07) is 2.92. The maximum Gasteiger partial charge on any atom is 0.416 e. The number of halogens is 3. The van der Waals surface area contributed by atoms with Gasteiger partial charge in [0.05, 0.1) is 24.5 Å². The Bertz CT molecular complexity index is 560. The third kappa shape index (κ3) is 5.08. The van der Waals surface area contributed by atoms with Crippen LogP contribution in [0.4, 0.5) is 18.9 Å². The van der Waals surface area contributed by atoms with Crippen LogP contribution in [0.25, 0.3) is 0 Å². The number of carbonyl (C=O) groups is 1. The van der Waals surface area contributed by atoms with Crippen LogP contribution >= 0.6 is 0 Å².